The van der Waals surface area contributed by atoms with Crippen molar-refractivity contribution in [2.24, 2.45) is 11.3 Å². The Kier molecular flexibility index (Phi) is 5.27. The van der Waals surface area contributed by atoms with Crippen LogP contribution in [-0.4, -0.2) is 17.5 Å². The zero-order valence-electron chi connectivity index (χ0n) is 16.3. The van der Waals surface area contributed by atoms with Crippen LogP contribution in [0.5, 0.6) is 0 Å². The maximum Gasteiger partial charge on any atom is 0.340 e. The van der Waals surface area contributed by atoms with Crippen LogP contribution in [0.2, 0.25) is 0 Å². The lowest BCUT2D eigenvalue weighted by molar-refractivity contribution is -0.160. The second kappa shape index (κ2) is 7.20. The number of hydrogen-bond acceptors (Lipinski definition) is 4. The van der Waals surface area contributed by atoms with Crippen LogP contribution in [0, 0.1) is 23.2 Å². The minimum Gasteiger partial charge on any atom is -0.447 e. The number of ether oxygens (including phenoxy) is 2. The zero-order valence-corrected chi connectivity index (χ0v) is 17.0. The van der Waals surface area contributed by atoms with Crippen LogP contribution in [-0.2, 0) is 19.1 Å². The second-order valence-electron chi connectivity index (χ2n) is 8.41. The molecule has 4 nitrogen and oxygen atoms in total. The smallest absolute Gasteiger partial charge is 0.340 e. The highest BCUT2D eigenvalue weighted by Gasteiger charge is 2.53. The molecule has 0 aromatic rings. The molecule has 1 aliphatic heterocycles. The molecule has 144 valence electrons. The largest absolute Gasteiger partial charge is 0.447 e. The summed E-state index contributed by atoms with van der Waals surface area (Å²) in [6, 6.07) is 0. The van der Waals surface area contributed by atoms with Gasteiger partial charge >= 0.3 is 11.9 Å². The molecule has 0 aromatic heterocycles. The van der Waals surface area contributed by atoms with E-state index in [4.69, 9.17) is 21.1 Å². The minimum atomic E-state index is -0.861. The van der Waals surface area contributed by atoms with Crippen molar-refractivity contribution in [2.45, 2.75) is 65.4 Å². The zero-order chi connectivity index (χ0) is 19.8. The van der Waals surface area contributed by atoms with E-state index in [1.807, 2.05) is 6.92 Å². The van der Waals surface area contributed by atoms with Gasteiger partial charge in [-0.15, -0.1) is 0 Å². The second-order valence-corrected chi connectivity index (χ2v) is 8.82. The molecule has 3 aliphatic rings. The average molecular weight is 389 g/mol. The number of hydrogen-bond donors (Lipinski definition) is 0. The fourth-order valence-corrected chi connectivity index (χ4v) is 3.80. The van der Waals surface area contributed by atoms with Gasteiger partial charge in [0, 0.05) is 5.03 Å². The van der Waals surface area contributed by atoms with E-state index in [9.17, 15) is 9.59 Å². The maximum absolute atomic E-state index is 12.9. The normalized spacial score (nSPS) is 24.5. The Morgan fingerprint density at radius 3 is 2.59 bits per heavy atom. The molecular formula is C22H25ClO4. The monoisotopic (exact) mass is 388 g/mol. The van der Waals surface area contributed by atoms with E-state index in [1.165, 1.54) is 0 Å². The molecular weight excluding hydrogens is 364 g/mol. The molecule has 0 amide bonds. The van der Waals surface area contributed by atoms with Crippen molar-refractivity contribution < 1.29 is 19.1 Å². The Balaban J connectivity index is 2.14. The topological polar surface area (TPSA) is 52.6 Å². The van der Waals surface area contributed by atoms with E-state index in [0.29, 0.717) is 29.2 Å². The highest BCUT2D eigenvalue weighted by Crippen LogP contribution is 2.48. The van der Waals surface area contributed by atoms with Crippen molar-refractivity contribution in [1.29, 1.82) is 0 Å². The molecule has 1 spiro atoms. The lowest BCUT2D eigenvalue weighted by Crippen LogP contribution is -2.37. The Bertz CT molecular complexity index is 821. The van der Waals surface area contributed by atoms with Crippen molar-refractivity contribution in [1.82, 2.24) is 0 Å². The van der Waals surface area contributed by atoms with Crippen LogP contribution in [0.4, 0.5) is 0 Å². The van der Waals surface area contributed by atoms with Crippen molar-refractivity contribution in [3.05, 3.63) is 34.1 Å². The average Bonchev–Trinajstić information content (AvgIpc) is 2.73. The summed E-state index contributed by atoms with van der Waals surface area (Å²) in [7, 11) is 0. The van der Waals surface area contributed by atoms with E-state index in [0.717, 1.165) is 24.8 Å². The molecule has 0 radical (unpaired) electrons. The van der Waals surface area contributed by atoms with Crippen LogP contribution in [0.25, 0.3) is 0 Å². The molecule has 2 aliphatic carbocycles. The van der Waals surface area contributed by atoms with E-state index < -0.39 is 22.9 Å². The Morgan fingerprint density at radius 1 is 1.30 bits per heavy atom. The fourth-order valence-electron chi connectivity index (χ4n) is 3.62. The van der Waals surface area contributed by atoms with Crippen molar-refractivity contribution in [3.63, 3.8) is 0 Å². The lowest BCUT2D eigenvalue weighted by atomic mass is 9.80. The molecule has 0 bridgehead atoms. The Labute approximate surface area is 165 Å². The van der Waals surface area contributed by atoms with Gasteiger partial charge in [0.2, 0.25) is 0 Å². The summed E-state index contributed by atoms with van der Waals surface area (Å²) in [5, 5.41) is 0.517. The standard InChI is InChI=1S/C22H25ClO4/c1-14-15(10-6-7-11-16(14)23)17-18(26-20(25)21(2,3)4)22(27-19(17)24)12-8-5-9-13-22/h7,11,15H,5,8-9,12-13H2,1-4H3. The summed E-state index contributed by atoms with van der Waals surface area (Å²) in [6.45, 7) is 7.21. The van der Waals surface area contributed by atoms with E-state index in [-0.39, 0.29) is 5.97 Å². The molecule has 0 aromatic carbocycles. The third-order valence-electron chi connectivity index (χ3n) is 5.27. The minimum absolute atomic E-state index is 0.321. The maximum atomic E-state index is 12.9. The van der Waals surface area contributed by atoms with Crippen molar-refractivity contribution >= 4 is 23.5 Å². The van der Waals surface area contributed by atoms with Crippen LogP contribution in [0.3, 0.4) is 0 Å². The molecule has 1 unspecified atom stereocenters. The summed E-state index contributed by atoms with van der Waals surface area (Å²) < 4.78 is 11.7. The van der Waals surface area contributed by atoms with E-state index in [1.54, 1.807) is 32.9 Å². The summed E-state index contributed by atoms with van der Waals surface area (Å²) in [5.74, 6) is 4.93. The highest BCUT2D eigenvalue weighted by atomic mass is 35.5. The molecule has 3 rings (SSSR count). The van der Waals surface area contributed by atoms with Crippen molar-refractivity contribution in [2.75, 3.05) is 0 Å². The van der Waals surface area contributed by atoms with Crippen LogP contribution in [0.15, 0.2) is 34.1 Å². The predicted octanol–water partition coefficient (Wildman–Crippen LogP) is 4.79. The Morgan fingerprint density at radius 2 is 1.96 bits per heavy atom. The van der Waals surface area contributed by atoms with Gasteiger partial charge < -0.3 is 9.47 Å². The number of carbonyl (C=O) groups excluding carboxylic acids is 2. The Hall–Kier alpha value is -1.99. The van der Waals surface area contributed by atoms with Crippen LogP contribution < -0.4 is 0 Å². The van der Waals surface area contributed by atoms with Gasteiger partial charge in [-0.05, 0) is 71.1 Å². The van der Waals surface area contributed by atoms with Crippen molar-refractivity contribution in [3.8, 4) is 11.8 Å². The fraction of sp³-hybridized carbons (Fsp3) is 0.545. The first-order chi connectivity index (χ1) is 12.7. The van der Waals surface area contributed by atoms with Crippen LogP contribution >= 0.6 is 11.6 Å². The van der Waals surface area contributed by atoms with Gasteiger partial charge in [0.25, 0.3) is 0 Å². The molecule has 1 atom stereocenters. The first-order valence-electron chi connectivity index (χ1n) is 9.40. The van der Waals surface area contributed by atoms with Crippen LogP contribution in [0.1, 0.15) is 59.8 Å². The van der Waals surface area contributed by atoms with E-state index >= 15 is 0 Å². The van der Waals surface area contributed by atoms with Gasteiger partial charge in [-0.3, -0.25) is 4.79 Å². The molecule has 0 N–H and O–H groups in total. The molecule has 1 heterocycles. The summed E-state index contributed by atoms with van der Waals surface area (Å²) in [6.07, 6.45) is 7.60. The van der Waals surface area contributed by atoms with Gasteiger partial charge in [0.1, 0.15) is 0 Å². The van der Waals surface area contributed by atoms with Gasteiger partial charge in [-0.2, -0.15) is 0 Å². The highest BCUT2D eigenvalue weighted by molar-refractivity contribution is 6.31. The number of allylic oxidation sites excluding steroid dienone is 4. The molecule has 1 fully saturated rings. The van der Waals surface area contributed by atoms with Gasteiger partial charge in [-0.25, -0.2) is 4.79 Å². The number of rotatable bonds is 2. The first kappa shape index (κ1) is 19.8. The molecule has 0 saturated heterocycles. The molecule has 27 heavy (non-hydrogen) atoms. The summed E-state index contributed by atoms with van der Waals surface area (Å²) in [5.41, 5.74) is -0.484. The first-order valence-corrected chi connectivity index (χ1v) is 9.78. The third-order valence-corrected chi connectivity index (χ3v) is 5.70. The number of halogens is 1. The predicted molar refractivity (Wildman–Crippen MR) is 103 cm³/mol. The summed E-state index contributed by atoms with van der Waals surface area (Å²) >= 11 is 6.33. The number of carbonyl (C=O) groups is 2. The van der Waals surface area contributed by atoms with E-state index in [2.05, 4.69) is 11.8 Å². The van der Waals surface area contributed by atoms with Gasteiger partial charge in [0.15, 0.2) is 11.4 Å². The molecule has 5 heteroatoms. The lowest BCUT2D eigenvalue weighted by Gasteiger charge is -2.34. The quantitative estimate of drug-likeness (QED) is 0.504. The number of esters is 2. The third kappa shape index (κ3) is 3.71. The van der Waals surface area contributed by atoms with Gasteiger partial charge in [0.05, 0.1) is 16.9 Å². The molecule has 1 saturated carbocycles. The summed E-state index contributed by atoms with van der Waals surface area (Å²) in [4.78, 5) is 25.6. The van der Waals surface area contributed by atoms with Gasteiger partial charge in [-0.1, -0.05) is 29.9 Å². The SMILES string of the molecule is CC1=C(Cl)C=CC#CC1C1=C(OC(=O)C(C)(C)C)C2(CCCCC2)OC1=O.